The first-order valence-electron chi connectivity index (χ1n) is 7.42. The van der Waals surface area contributed by atoms with Gasteiger partial charge < -0.3 is 9.73 Å². The second-order valence-electron chi connectivity index (χ2n) is 5.33. The molecule has 1 N–H and O–H groups in total. The Hall–Kier alpha value is -2.89. The van der Waals surface area contributed by atoms with E-state index >= 15 is 0 Å². The van der Waals surface area contributed by atoms with Crippen LogP contribution in [0, 0.1) is 6.92 Å². The molecule has 2 aromatic heterocycles. The van der Waals surface area contributed by atoms with Gasteiger partial charge in [-0.1, -0.05) is 30.3 Å². The third-order valence-corrected chi connectivity index (χ3v) is 3.56. The van der Waals surface area contributed by atoms with Crippen molar-refractivity contribution in [3.05, 3.63) is 54.2 Å². The number of carbonyl (C=O) groups is 1. The van der Waals surface area contributed by atoms with E-state index in [-0.39, 0.29) is 5.91 Å². The molecule has 0 aliphatic heterocycles. The highest BCUT2D eigenvalue weighted by Crippen LogP contribution is 2.20. The third-order valence-electron chi connectivity index (χ3n) is 3.56. The second-order valence-corrected chi connectivity index (χ2v) is 5.33. The number of rotatable bonds is 5. The smallest absolute Gasteiger partial charge is 0.226 e. The Kier molecular flexibility index (Phi) is 4.23. The van der Waals surface area contributed by atoms with Gasteiger partial charge in [-0.25, -0.2) is 4.98 Å². The Bertz CT molecular complexity index is 786. The number of nitrogens with one attached hydrogen (secondary N) is 1. The molecule has 1 aromatic carbocycles. The van der Waals surface area contributed by atoms with Gasteiger partial charge in [-0.15, -0.1) is 0 Å². The number of nitrogens with zero attached hydrogens (tertiary/aromatic N) is 3. The molecule has 1 amide bonds. The van der Waals surface area contributed by atoms with Crippen molar-refractivity contribution in [1.82, 2.24) is 14.8 Å². The van der Waals surface area contributed by atoms with Gasteiger partial charge in [0.15, 0.2) is 17.5 Å². The maximum atomic E-state index is 12.0. The predicted molar refractivity (Wildman–Crippen MR) is 86.8 cm³/mol. The van der Waals surface area contributed by atoms with Gasteiger partial charge in [0.2, 0.25) is 5.91 Å². The molecule has 23 heavy (non-hydrogen) atoms. The van der Waals surface area contributed by atoms with E-state index in [1.165, 1.54) is 0 Å². The number of hydrogen-bond acceptors (Lipinski definition) is 4. The average molecular weight is 310 g/mol. The van der Waals surface area contributed by atoms with E-state index in [9.17, 15) is 4.79 Å². The average Bonchev–Trinajstić information content (AvgIpc) is 3.13. The van der Waals surface area contributed by atoms with Crippen molar-refractivity contribution in [3.63, 3.8) is 0 Å². The molecule has 2 heterocycles. The molecule has 0 spiro atoms. The molecule has 0 atom stereocenters. The summed E-state index contributed by atoms with van der Waals surface area (Å²) < 4.78 is 7.40. The van der Waals surface area contributed by atoms with Crippen molar-refractivity contribution in [2.45, 2.75) is 19.8 Å². The van der Waals surface area contributed by atoms with Crippen molar-refractivity contribution in [2.24, 2.45) is 7.05 Å². The second kappa shape index (κ2) is 6.48. The van der Waals surface area contributed by atoms with Crippen molar-refractivity contribution in [2.75, 3.05) is 5.32 Å². The lowest BCUT2D eigenvalue weighted by Gasteiger charge is -2.00. The van der Waals surface area contributed by atoms with Crippen LogP contribution in [0.25, 0.3) is 11.3 Å². The number of aryl methyl sites for hydroxylation is 3. The van der Waals surface area contributed by atoms with Gasteiger partial charge in [0.25, 0.3) is 0 Å². The molecule has 3 rings (SSSR count). The summed E-state index contributed by atoms with van der Waals surface area (Å²) in [6.07, 6.45) is 2.43. The van der Waals surface area contributed by atoms with E-state index in [2.05, 4.69) is 15.4 Å². The normalized spacial score (nSPS) is 10.7. The summed E-state index contributed by atoms with van der Waals surface area (Å²) in [5.41, 5.74) is 1.96. The number of aromatic nitrogens is 3. The number of carbonyl (C=O) groups excluding carboxylic acids is 1. The molecule has 6 nitrogen and oxygen atoms in total. The lowest BCUT2D eigenvalue weighted by Crippen LogP contribution is -2.13. The minimum Gasteiger partial charge on any atom is -0.441 e. The maximum Gasteiger partial charge on any atom is 0.226 e. The first-order valence-corrected chi connectivity index (χ1v) is 7.42. The monoisotopic (exact) mass is 310 g/mol. The summed E-state index contributed by atoms with van der Waals surface area (Å²) in [6, 6.07) is 11.6. The molecule has 0 saturated heterocycles. The molecule has 3 aromatic rings. The molecule has 118 valence electrons. The Morgan fingerprint density at radius 1 is 1.30 bits per heavy atom. The van der Waals surface area contributed by atoms with E-state index in [1.807, 2.05) is 50.4 Å². The van der Waals surface area contributed by atoms with E-state index in [0.29, 0.717) is 30.3 Å². The van der Waals surface area contributed by atoms with Crippen LogP contribution in [-0.2, 0) is 18.3 Å². The van der Waals surface area contributed by atoms with Crippen LogP contribution in [0.15, 0.2) is 47.0 Å². The van der Waals surface area contributed by atoms with E-state index < -0.39 is 0 Å². The molecule has 0 radical (unpaired) electrons. The van der Waals surface area contributed by atoms with Crippen molar-refractivity contribution in [1.29, 1.82) is 0 Å². The molecule has 0 unspecified atom stereocenters. The number of hydrogen-bond donors (Lipinski definition) is 1. The molecule has 0 aliphatic rings. The fourth-order valence-electron chi connectivity index (χ4n) is 2.21. The highest BCUT2D eigenvalue weighted by molar-refractivity contribution is 5.89. The van der Waals surface area contributed by atoms with E-state index in [1.54, 1.807) is 10.9 Å². The van der Waals surface area contributed by atoms with Crippen LogP contribution >= 0.6 is 0 Å². The zero-order valence-corrected chi connectivity index (χ0v) is 13.1. The largest absolute Gasteiger partial charge is 0.441 e. The Morgan fingerprint density at radius 2 is 2.09 bits per heavy atom. The van der Waals surface area contributed by atoms with Gasteiger partial charge in [-0.05, 0) is 6.92 Å². The van der Waals surface area contributed by atoms with Gasteiger partial charge in [-0.3, -0.25) is 9.48 Å². The fraction of sp³-hybridized carbons (Fsp3) is 0.235. The summed E-state index contributed by atoms with van der Waals surface area (Å²) in [5, 5.41) is 6.97. The molecule has 0 saturated carbocycles. The zero-order chi connectivity index (χ0) is 16.2. The molecule has 6 heteroatoms. The van der Waals surface area contributed by atoms with Crippen molar-refractivity contribution < 1.29 is 9.21 Å². The minimum atomic E-state index is -0.109. The number of benzene rings is 1. The summed E-state index contributed by atoms with van der Waals surface area (Å²) >= 11 is 0. The highest BCUT2D eigenvalue weighted by Gasteiger charge is 2.10. The Labute approximate surface area is 134 Å². The van der Waals surface area contributed by atoms with Gasteiger partial charge in [0.1, 0.15) is 0 Å². The molecule has 0 fully saturated rings. The maximum absolute atomic E-state index is 12.0. The Balaban J connectivity index is 1.56. The van der Waals surface area contributed by atoms with Gasteiger partial charge >= 0.3 is 0 Å². The number of amides is 1. The molecular weight excluding hydrogens is 292 g/mol. The standard InChI is InChI=1S/C17H18N4O2/c1-12-10-15(20-21(12)2)19-16(22)8-9-17-18-11-14(23-17)13-6-4-3-5-7-13/h3-7,10-11H,8-9H2,1-2H3,(H,19,20,22). The molecule has 0 aliphatic carbocycles. The number of oxazole rings is 1. The first-order chi connectivity index (χ1) is 11.1. The first kappa shape index (κ1) is 15.0. The third kappa shape index (κ3) is 3.66. The summed E-state index contributed by atoms with van der Waals surface area (Å²) in [7, 11) is 1.84. The summed E-state index contributed by atoms with van der Waals surface area (Å²) in [5.74, 6) is 1.72. The topological polar surface area (TPSA) is 73.0 Å². The van der Waals surface area contributed by atoms with E-state index in [0.717, 1.165) is 11.3 Å². The summed E-state index contributed by atoms with van der Waals surface area (Å²) in [6.45, 7) is 1.93. The predicted octanol–water partition coefficient (Wildman–Crippen LogP) is 2.95. The van der Waals surface area contributed by atoms with E-state index in [4.69, 9.17) is 4.42 Å². The lowest BCUT2D eigenvalue weighted by molar-refractivity contribution is -0.116. The minimum absolute atomic E-state index is 0.109. The van der Waals surface area contributed by atoms with Gasteiger partial charge in [-0.2, -0.15) is 5.10 Å². The Morgan fingerprint density at radius 3 is 2.78 bits per heavy atom. The molecular formula is C17H18N4O2. The van der Waals surface area contributed by atoms with Crippen LogP contribution in [0.5, 0.6) is 0 Å². The highest BCUT2D eigenvalue weighted by atomic mass is 16.4. The van der Waals surface area contributed by atoms with Crippen LogP contribution in [0.4, 0.5) is 5.82 Å². The van der Waals surface area contributed by atoms with Crippen LogP contribution in [0.3, 0.4) is 0 Å². The van der Waals surface area contributed by atoms with Crippen LogP contribution < -0.4 is 5.32 Å². The number of anilines is 1. The van der Waals surface area contributed by atoms with Crippen LogP contribution in [0.1, 0.15) is 18.0 Å². The van der Waals surface area contributed by atoms with Crippen molar-refractivity contribution >= 4 is 11.7 Å². The SMILES string of the molecule is Cc1cc(NC(=O)CCc2ncc(-c3ccccc3)o2)nn1C. The van der Waals surface area contributed by atoms with Gasteiger partial charge in [0, 0.05) is 37.2 Å². The van der Waals surface area contributed by atoms with Crippen LogP contribution in [0.2, 0.25) is 0 Å². The van der Waals surface area contributed by atoms with Crippen molar-refractivity contribution in [3.8, 4) is 11.3 Å². The van der Waals surface area contributed by atoms with Crippen LogP contribution in [-0.4, -0.2) is 20.7 Å². The molecule has 0 bridgehead atoms. The van der Waals surface area contributed by atoms with Gasteiger partial charge in [0.05, 0.1) is 6.20 Å². The zero-order valence-electron chi connectivity index (χ0n) is 13.1. The quantitative estimate of drug-likeness (QED) is 0.786. The fourth-order valence-corrected chi connectivity index (χ4v) is 2.21. The summed E-state index contributed by atoms with van der Waals surface area (Å²) in [4.78, 5) is 16.2. The lowest BCUT2D eigenvalue weighted by atomic mass is 10.2.